The van der Waals surface area contributed by atoms with Crippen LogP contribution < -0.4 is 4.74 Å². The maximum absolute atomic E-state index is 12.6. The smallest absolute Gasteiger partial charge is 0.331 e. The number of aromatic hydroxyl groups is 1. The van der Waals surface area contributed by atoms with Crippen LogP contribution in [0, 0.1) is 11.8 Å². The number of aliphatic hydroxyl groups is 5. The highest BCUT2D eigenvalue weighted by Crippen LogP contribution is 2.48. The summed E-state index contributed by atoms with van der Waals surface area (Å²) in [6.45, 7) is 0.922. The van der Waals surface area contributed by atoms with Crippen LogP contribution in [0.15, 0.2) is 36.6 Å². The van der Waals surface area contributed by atoms with Crippen LogP contribution in [-0.4, -0.2) is 99.0 Å². The van der Waals surface area contributed by atoms with Crippen molar-refractivity contribution in [1.29, 1.82) is 0 Å². The van der Waals surface area contributed by atoms with E-state index in [1.54, 1.807) is 25.1 Å². The van der Waals surface area contributed by atoms with E-state index in [1.165, 1.54) is 31.6 Å². The Morgan fingerprint density at radius 1 is 1.19 bits per heavy atom. The number of ether oxygens (including phenoxy) is 5. The number of phenolic OH excluding ortho intramolecular Hbond substituents is 1. The van der Waals surface area contributed by atoms with Crippen molar-refractivity contribution in [2.75, 3.05) is 13.7 Å². The number of hydrogen-bond acceptors (Lipinski definition) is 12. The lowest BCUT2D eigenvalue weighted by atomic mass is 9.85. The number of esters is 1. The van der Waals surface area contributed by atoms with E-state index in [0.29, 0.717) is 5.56 Å². The fourth-order valence-electron chi connectivity index (χ4n) is 5.04. The molecule has 0 bridgehead atoms. The molecule has 2 fully saturated rings. The Balaban J connectivity index is 1.44. The average molecular weight is 525 g/mol. The second-order valence-electron chi connectivity index (χ2n) is 9.57. The number of fused-ring (bicyclic) bond motifs is 1. The number of aliphatic hydroxyl groups excluding tert-OH is 4. The Labute approximate surface area is 212 Å². The van der Waals surface area contributed by atoms with Crippen molar-refractivity contribution in [3.05, 3.63) is 42.2 Å². The van der Waals surface area contributed by atoms with Crippen molar-refractivity contribution in [1.82, 2.24) is 0 Å². The Morgan fingerprint density at radius 2 is 1.95 bits per heavy atom. The lowest BCUT2D eigenvalue weighted by molar-refractivity contribution is -0.346. The van der Waals surface area contributed by atoms with Gasteiger partial charge in [0, 0.05) is 18.4 Å². The molecule has 0 amide bonds. The molecule has 2 heterocycles. The van der Waals surface area contributed by atoms with Gasteiger partial charge in [-0.05, 0) is 36.8 Å². The highest BCUT2D eigenvalue weighted by Gasteiger charge is 2.57. The summed E-state index contributed by atoms with van der Waals surface area (Å²) in [6.07, 6.45) is -3.58. The van der Waals surface area contributed by atoms with E-state index >= 15 is 0 Å². The van der Waals surface area contributed by atoms with Crippen LogP contribution in [0.2, 0.25) is 0 Å². The van der Waals surface area contributed by atoms with Gasteiger partial charge < -0.3 is 54.3 Å². The molecule has 12 heteroatoms. The molecule has 3 aliphatic rings. The summed E-state index contributed by atoms with van der Waals surface area (Å²) in [4.78, 5) is 12.6. The average Bonchev–Trinajstić information content (AvgIpc) is 3.13. The molecular weight excluding hydrogens is 492 g/mol. The fourth-order valence-corrected chi connectivity index (χ4v) is 5.04. The number of carbonyl (C=O) groups is 1. The number of hydrogen-bond donors (Lipinski definition) is 6. The Hall–Kier alpha value is -2.71. The first kappa shape index (κ1) is 27.3. The third kappa shape index (κ3) is 5.60. The number of phenols is 1. The Morgan fingerprint density at radius 3 is 2.65 bits per heavy atom. The zero-order valence-corrected chi connectivity index (χ0v) is 20.3. The fraction of sp³-hybridized carbons (Fsp3) is 0.560. The summed E-state index contributed by atoms with van der Waals surface area (Å²) < 4.78 is 27.4. The van der Waals surface area contributed by atoms with Crippen molar-refractivity contribution in [2.24, 2.45) is 11.8 Å². The second kappa shape index (κ2) is 11.0. The van der Waals surface area contributed by atoms with E-state index in [9.17, 15) is 35.4 Å². The van der Waals surface area contributed by atoms with Crippen LogP contribution in [0.3, 0.4) is 0 Å². The standard InChI is InChI=1S/C25H32O12/c1-25(32)10-16(35-18(28)6-4-12-3-5-14(27)15(9-12)33-2)13-7-8-34-23(19(13)25)37-24-22(31)21(30)20(29)17(11-26)36-24/h3-9,13,16-17,19-24,26-27,29-32H,10-11H2,1-2H3/t13-,16+,17-,19+,20-,21+,22+,23+,24+,25+/m0/s1. The van der Waals surface area contributed by atoms with Gasteiger partial charge in [0.15, 0.2) is 17.8 Å². The van der Waals surface area contributed by atoms with Gasteiger partial charge in [0.2, 0.25) is 6.29 Å². The third-order valence-corrected chi connectivity index (χ3v) is 6.98. The summed E-state index contributed by atoms with van der Waals surface area (Å²) in [6, 6.07) is 4.59. The molecule has 2 aliphatic heterocycles. The van der Waals surface area contributed by atoms with Gasteiger partial charge in [0.05, 0.1) is 31.5 Å². The minimum absolute atomic E-state index is 0.0340. The van der Waals surface area contributed by atoms with E-state index in [2.05, 4.69) is 0 Å². The summed E-state index contributed by atoms with van der Waals surface area (Å²) >= 11 is 0. The molecule has 1 saturated heterocycles. The van der Waals surface area contributed by atoms with Gasteiger partial charge in [0.1, 0.15) is 30.5 Å². The predicted molar refractivity (Wildman–Crippen MR) is 125 cm³/mol. The maximum Gasteiger partial charge on any atom is 0.331 e. The highest BCUT2D eigenvalue weighted by atomic mass is 16.8. The van der Waals surface area contributed by atoms with Crippen LogP contribution in [0.1, 0.15) is 18.9 Å². The molecular formula is C25H32O12. The summed E-state index contributed by atoms with van der Waals surface area (Å²) in [5.74, 6) is -1.69. The topological polar surface area (TPSA) is 185 Å². The van der Waals surface area contributed by atoms with E-state index in [-0.39, 0.29) is 17.9 Å². The number of rotatable bonds is 7. The largest absolute Gasteiger partial charge is 0.504 e. The molecule has 12 nitrogen and oxygen atoms in total. The van der Waals surface area contributed by atoms with Crippen molar-refractivity contribution in [2.45, 2.75) is 62.0 Å². The van der Waals surface area contributed by atoms with Crippen molar-refractivity contribution in [3.63, 3.8) is 0 Å². The van der Waals surface area contributed by atoms with Crippen molar-refractivity contribution < 1.29 is 59.1 Å². The quantitative estimate of drug-likeness (QED) is 0.197. The molecule has 0 aromatic heterocycles. The second-order valence-corrected chi connectivity index (χ2v) is 9.57. The lowest BCUT2D eigenvalue weighted by Gasteiger charge is -2.43. The molecule has 1 aromatic rings. The molecule has 204 valence electrons. The lowest BCUT2D eigenvalue weighted by Crippen LogP contribution is -2.60. The summed E-state index contributed by atoms with van der Waals surface area (Å²) in [7, 11) is 1.41. The molecule has 1 aliphatic carbocycles. The van der Waals surface area contributed by atoms with Gasteiger partial charge in [-0.3, -0.25) is 0 Å². The van der Waals surface area contributed by atoms with Gasteiger partial charge in [-0.2, -0.15) is 0 Å². The molecule has 1 aromatic carbocycles. The highest BCUT2D eigenvalue weighted by molar-refractivity contribution is 5.87. The van der Waals surface area contributed by atoms with E-state index in [1.807, 2.05) is 0 Å². The predicted octanol–water partition coefficient (Wildman–Crippen LogP) is -0.601. The minimum atomic E-state index is -1.64. The van der Waals surface area contributed by atoms with E-state index in [4.69, 9.17) is 23.7 Å². The molecule has 1 saturated carbocycles. The van der Waals surface area contributed by atoms with Crippen molar-refractivity contribution >= 4 is 12.0 Å². The zero-order chi connectivity index (χ0) is 26.9. The zero-order valence-electron chi connectivity index (χ0n) is 20.3. The summed E-state index contributed by atoms with van der Waals surface area (Å²) in [5.41, 5.74) is -0.811. The summed E-state index contributed by atoms with van der Waals surface area (Å²) in [5, 5.41) is 60.6. The number of benzene rings is 1. The molecule has 4 rings (SSSR count). The molecule has 0 radical (unpaired) electrons. The minimum Gasteiger partial charge on any atom is -0.504 e. The normalized spacial score (nSPS) is 39.3. The third-order valence-electron chi connectivity index (χ3n) is 6.98. The van der Waals surface area contributed by atoms with E-state index in [0.717, 1.165) is 0 Å². The monoisotopic (exact) mass is 524 g/mol. The number of methoxy groups -OCH3 is 1. The Bertz CT molecular complexity index is 1020. The van der Waals surface area contributed by atoms with Gasteiger partial charge in [-0.25, -0.2) is 4.79 Å². The van der Waals surface area contributed by atoms with E-state index < -0.39 is 73.1 Å². The first-order chi connectivity index (χ1) is 17.6. The van der Waals surface area contributed by atoms with Crippen LogP contribution >= 0.6 is 0 Å². The first-order valence-corrected chi connectivity index (χ1v) is 11.8. The molecule has 0 spiro atoms. The van der Waals surface area contributed by atoms with Crippen LogP contribution in [0.5, 0.6) is 11.5 Å². The molecule has 0 unspecified atom stereocenters. The van der Waals surface area contributed by atoms with Crippen molar-refractivity contribution in [3.8, 4) is 11.5 Å². The Kier molecular flexibility index (Phi) is 8.09. The molecule has 37 heavy (non-hydrogen) atoms. The van der Waals surface area contributed by atoms with Gasteiger partial charge >= 0.3 is 5.97 Å². The number of carbonyl (C=O) groups excluding carboxylic acids is 1. The molecule has 6 N–H and O–H groups in total. The first-order valence-electron chi connectivity index (χ1n) is 11.8. The molecule has 10 atom stereocenters. The van der Waals surface area contributed by atoms with Gasteiger partial charge in [-0.1, -0.05) is 6.07 Å². The van der Waals surface area contributed by atoms with Gasteiger partial charge in [-0.15, -0.1) is 0 Å². The van der Waals surface area contributed by atoms with Crippen LogP contribution in [-0.2, 0) is 23.7 Å². The van der Waals surface area contributed by atoms with Crippen LogP contribution in [0.4, 0.5) is 0 Å². The van der Waals surface area contributed by atoms with Crippen LogP contribution in [0.25, 0.3) is 6.08 Å². The van der Waals surface area contributed by atoms with Gasteiger partial charge in [0.25, 0.3) is 0 Å². The maximum atomic E-state index is 12.6. The SMILES string of the molecule is COc1cc(C=CC(=O)O[C@@H]2C[C@@](C)(O)[C@H]3[C@@H](O[C@H]4O[C@@H](CO)[C@H](O)[C@@H](O)[C@H]4O)OC=C[C@H]32)ccc1O.